The molecule has 1 atom stereocenters. The topological polar surface area (TPSA) is 101 Å². The van der Waals surface area contributed by atoms with E-state index in [0.717, 1.165) is 30.2 Å². The number of nitrogens with one attached hydrogen (secondary N) is 1. The number of methoxy groups -OCH3 is 1. The van der Waals surface area contributed by atoms with E-state index in [9.17, 15) is 26.0 Å². The molecule has 35 heavy (non-hydrogen) atoms. The second-order valence-electron chi connectivity index (χ2n) is 8.64. The lowest BCUT2D eigenvalue weighted by molar-refractivity contribution is -0.140. The molecule has 4 heterocycles. The third kappa shape index (κ3) is 6.25. The molecule has 0 radical (unpaired) electrons. The summed E-state index contributed by atoms with van der Waals surface area (Å²) >= 11 is 0.762. The lowest BCUT2D eigenvalue weighted by Crippen LogP contribution is -2.42. The van der Waals surface area contributed by atoms with Crippen molar-refractivity contribution in [1.29, 1.82) is 0 Å². The highest BCUT2D eigenvalue weighted by Gasteiger charge is 2.39. The number of aromatic nitrogens is 3. The van der Waals surface area contributed by atoms with Crippen molar-refractivity contribution < 1.29 is 30.7 Å². The number of nitrogens with zero attached hydrogens (tertiary/aromatic N) is 5. The van der Waals surface area contributed by atoms with E-state index in [1.165, 1.54) is 4.31 Å². The number of thiazole rings is 1. The van der Waals surface area contributed by atoms with Gasteiger partial charge in [0.05, 0.1) is 30.0 Å². The summed E-state index contributed by atoms with van der Waals surface area (Å²) in [5.74, 6) is -1.01. The molecule has 0 aromatic carbocycles. The van der Waals surface area contributed by atoms with Crippen LogP contribution in [0, 0.1) is 5.82 Å². The number of rotatable bonds is 7. The zero-order valence-corrected chi connectivity index (χ0v) is 20.8. The minimum atomic E-state index is -4.78. The molecule has 2 aromatic heterocycles. The highest BCUT2D eigenvalue weighted by atomic mass is 32.2. The molecule has 0 spiro atoms. The van der Waals surface area contributed by atoms with Crippen LogP contribution in [-0.4, -0.2) is 84.3 Å². The summed E-state index contributed by atoms with van der Waals surface area (Å²) in [7, 11) is -1.71. The van der Waals surface area contributed by atoms with Crippen LogP contribution in [0.4, 0.5) is 23.5 Å². The van der Waals surface area contributed by atoms with Crippen molar-refractivity contribution in [2.45, 2.75) is 44.1 Å². The van der Waals surface area contributed by atoms with Crippen LogP contribution in [0.3, 0.4) is 0 Å². The maximum Gasteiger partial charge on any atom is 0.434 e. The predicted octanol–water partition coefficient (Wildman–Crippen LogP) is 2.81. The van der Waals surface area contributed by atoms with Crippen LogP contribution in [0.25, 0.3) is 10.6 Å². The summed E-state index contributed by atoms with van der Waals surface area (Å²) in [6, 6.07) is -0.200. The number of alkyl halides is 3. The molecule has 1 N–H and O–H groups in total. The summed E-state index contributed by atoms with van der Waals surface area (Å²) in [6.07, 6.45) is -1.10. The van der Waals surface area contributed by atoms with Gasteiger partial charge in [0.2, 0.25) is 16.0 Å². The van der Waals surface area contributed by atoms with Gasteiger partial charge >= 0.3 is 6.18 Å². The van der Waals surface area contributed by atoms with Gasteiger partial charge in [-0.1, -0.05) is 0 Å². The maximum atomic E-state index is 14.7. The van der Waals surface area contributed by atoms with Crippen LogP contribution in [0.15, 0.2) is 6.20 Å². The average Bonchev–Trinajstić information content (AvgIpc) is 3.42. The van der Waals surface area contributed by atoms with E-state index in [2.05, 4.69) is 20.3 Å². The molecule has 2 aliphatic rings. The standard InChI is InChI=1S/C20H26F4N6O3S2/c1-33-13-5-6-29(10-13)11-15-27-18(20(22,23)24)17(34-15)16-14(21)9-25-19(28-16)26-12-3-7-30(8-4-12)35(2,31)32/h9,12-13H,3-8,10-11H2,1-2H3,(H,25,26,28). The summed E-state index contributed by atoms with van der Waals surface area (Å²) in [5, 5.41) is 3.21. The predicted molar refractivity (Wildman–Crippen MR) is 122 cm³/mol. The number of hydrogen-bond acceptors (Lipinski definition) is 9. The van der Waals surface area contributed by atoms with Crippen molar-refractivity contribution in [1.82, 2.24) is 24.2 Å². The molecule has 1 unspecified atom stereocenters. The number of anilines is 1. The summed E-state index contributed by atoms with van der Waals surface area (Å²) in [6.45, 7) is 2.04. The molecule has 2 aliphatic heterocycles. The highest BCUT2D eigenvalue weighted by Crippen LogP contribution is 2.41. The van der Waals surface area contributed by atoms with Crippen molar-refractivity contribution in [2.75, 3.05) is 44.9 Å². The zero-order valence-electron chi connectivity index (χ0n) is 19.2. The maximum absolute atomic E-state index is 14.7. The van der Waals surface area contributed by atoms with E-state index >= 15 is 0 Å². The van der Waals surface area contributed by atoms with E-state index in [-0.39, 0.29) is 29.6 Å². The molecule has 9 nitrogen and oxygen atoms in total. The fourth-order valence-corrected chi connectivity index (χ4v) is 6.21. The van der Waals surface area contributed by atoms with Crippen LogP contribution in [-0.2, 0) is 27.5 Å². The van der Waals surface area contributed by atoms with Crippen molar-refractivity contribution in [3.05, 3.63) is 22.7 Å². The van der Waals surface area contributed by atoms with Gasteiger partial charge in [-0.25, -0.2) is 32.1 Å². The summed E-state index contributed by atoms with van der Waals surface area (Å²) < 4.78 is 86.0. The molecule has 0 aliphatic carbocycles. The first kappa shape index (κ1) is 26.1. The quantitative estimate of drug-likeness (QED) is 0.538. The van der Waals surface area contributed by atoms with Gasteiger partial charge in [-0.15, -0.1) is 11.3 Å². The van der Waals surface area contributed by atoms with E-state index in [0.29, 0.717) is 39.0 Å². The largest absolute Gasteiger partial charge is 0.434 e. The molecule has 194 valence electrons. The number of likely N-dealkylation sites (tertiary alicyclic amines) is 1. The fourth-order valence-electron chi connectivity index (χ4n) is 4.22. The third-order valence-electron chi connectivity index (χ3n) is 6.08. The van der Waals surface area contributed by atoms with Crippen molar-refractivity contribution in [3.8, 4) is 10.6 Å². The Bertz CT molecular complexity index is 1150. The Morgan fingerprint density at radius 3 is 2.51 bits per heavy atom. The Labute approximate surface area is 204 Å². The summed E-state index contributed by atoms with van der Waals surface area (Å²) in [5.41, 5.74) is -1.65. The molecular formula is C20H26F4N6O3S2. The first-order valence-electron chi connectivity index (χ1n) is 11.0. The van der Waals surface area contributed by atoms with Gasteiger partial charge in [0.1, 0.15) is 10.7 Å². The molecule has 4 rings (SSSR count). The fraction of sp³-hybridized carbons (Fsp3) is 0.650. The van der Waals surface area contributed by atoms with Gasteiger partial charge in [-0.3, -0.25) is 4.90 Å². The van der Waals surface area contributed by atoms with E-state index in [4.69, 9.17) is 4.74 Å². The normalized spacial score (nSPS) is 21.0. The molecule has 0 amide bonds. The van der Waals surface area contributed by atoms with Crippen LogP contribution >= 0.6 is 11.3 Å². The van der Waals surface area contributed by atoms with Gasteiger partial charge in [-0.2, -0.15) is 13.2 Å². The number of piperidine rings is 1. The van der Waals surface area contributed by atoms with E-state index < -0.39 is 38.3 Å². The molecular weight excluding hydrogens is 512 g/mol. The van der Waals surface area contributed by atoms with Gasteiger partial charge < -0.3 is 10.1 Å². The van der Waals surface area contributed by atoms with Crippen LogP contribution in [0.2, 0.25) is 0 Å². The van der Waals surface area contributed by atoms with Gasteiger partial charge in [0, 0.05) is 39.3 Å². The Balaban J connectivity index is 1.55. The Kier molecular flexibility index (Phi) is 7.62. The minimum Gasteiger partial charge on any atom is -0.380 e. The number of halogens is 4. The van der Waals surface area contributed by atoms with Gasteiger partial charge in [0.25, 0.3) is 0 Å². The number of hydrogen-bond donors (Lipinski definition) is 1. The molecule has 2 fully saturated rings. The first-order chi connectivity index (χ1) is 16.4. The number of sulfonamides is 1. The van der Waals surface area contributed by atoms with Crippen LogP contribution in [0.5, 0.6) is 0 Å². The molecule has 15 heteroatoms. The highest BCUT2D eigenvalue weighted by molar-refractivity contribution is 7.88. The average molecular weight is 539 g/mol. The van der Waals surface area contributed by atoms with Crippen molar-refractivity contribution in [2.24, 2.45) is 0 Å². The van der Waals surface area contributed by atoms with Crippen LogP contribution in [0.1, 0.15) is 30.0 Å². The van der Waals surface area contributed by atoms with Crippen molar-refractivity contribution >= 4 is 27.3 Å². The zero-order chi connectivity index (χ0) is 25.4. The first-order valence-corrected chi connectivity index (χ1v) is 13.7. The van der Waals surface area contributed by atoms with Crippen molar-refractivity contribution in [3.63, 3.8) is 0 Å². The van der Waals surface area contributed by atoms with Gasteiger partial charge in [-0.05, 0) is 19.3 Å². The lowest BCUT2D eigenvalue weighted by Gasteiger charge is -2.30. The molecule has 0 saturated carbocycles. The molecule has 0 bridgehead atoms. The second kappa shape index (κ2) is 10.2. The smallest absolute Gasteiger partial charge is 0.380 e. The molecule has 2 aromatic rings. The second-order valence-corrected chi connectivity index (χ2v) is 11.7. The summed E-state index contributed by atoms with van der Waals surface area (Å²) in [4.78, 5) is 13.3. The SMILES string of the molecule is COC1CCN(Cc2nc(C(F)(F)F)c(-c3nc(NC4CCN(S(C)(=O)=O)CC4)ncc3F)s2)C1. The lowest BCUT2D eigenvalue weighted by atomic mass is 10.1. The number of ether oxygens (including phenoxy) is 1. The van der Waals surface area contributed by atoms with Crippen LogP contribution < -0.4 is 5.32 Å². The van der Waals surface area contributed by atoms with E-state index in [1.54, 1.807) is 7.11 Å². The minimum absolute atomic E-state index is 0.0220. The molecule has 2 saturated heterocycles. The third-order valence-corrected chi connectivity index (χ3v) is 8.43. The Morgan fingerprint density at radius 1 is 1.20 bits per heavy atom. The Hall–Kier alpha value is -1.94. The Morgan fingerprint density at radius 2 is 1.91 bits per heavy atom. The van der Waals surface area contributed by atoms with Gasteiger partial charge in [0.15, 0.2) is 11.5 Å². The van der Waals surface area contributed by atoms with E-state index in [1.807, 2.05) is 4.90 Å². The monoisotopic (exact) mass is 538 g/mol.